The first-order chi connectivity index (χ1) is 6.79. The van der Waals surface area contributed by atoms with E-state index in [9.17, 15) is 0 Å². The van der Waals surface area contributed by atoms with Gasteiger partial charge in [0.25, 0.3) is 0 Å². The standard InChI is InChI=1S/C13H16O/c1-10(12-5-6-12)9-11-3-7-13(14-2)8-4-11/h3-4,7-8H,5-6,9H2,1-2H3. The van der Waals surface area contributed by atoms with Crippen LogP contribution in [0, 0.1) is 0 Å². The smallest absolute Gasteiger partial charge is 0.118 e. The van der Waals surface area contributed by atoms with E-state index < -0.39 is 0 Å². The summed E-state index contributed by atoms with van der Waals surface area (Å²) in [6.45, 7) is 2.24. The molecule has 14 heavy (non-hydrogen) atoms. The number of hydrogen-bond donors (Lipinski definition) is 0. The summed E-state index contributed by atoms with van der Waals surface area (Å²) in [5.41, 5.74) is 4.58. The van der Waals surface area contributed by atoms with E-state index in [4.69, 9.17) is 4.74 Å². The van der Waals surface area contributed by atoms with Gasteiger partial charge in [-0.15, -0.1) is 0 Å². The number of rotatable bonds is 3. The second kappa shape index (κ2) is 3.87. The first-order valence-electron chi connectivity index (χ1n) is 5.10. The minimum atomic E-state index is 0.936. The SMILES string of the molecule is COc1ccc(CC(C)=C2CC2)cc1. The van der Waals surface area contributed by atoms with Crippen LogP contribution in [0.3, 0.4) is 0 Å². The first-order valence-corrected chi connectivity index (χ1v) is 5.10. The van der Waals surface area contributed by atoms with Crippen LogP contribution in [0.1, 0.15) is 25.3 Å². The largest absolute Gasteiger partial charge is 0.497 e. The van der Waals surface area contributed by atoms with Crippen molar-refractivity contribution >= 4 is 0 Å². The molecule has 1 nitrogen and oxygen atoms in total. The topological polar surface area (TPSA) is 9.23 Å². The van der Waals surface area contributed by atoms with Crippen molar-refractivity contribution in [3.05, 3.63) is 41.0 Å². The van der Waals surface area contributed by atoms with Crippen LogP contribution in [0.15, 0.2) is 35.4 Å². The Morgan fingerprint density at radius 1 is 1.21 bits per heavy atom. The zero-order valence-electron chi connectivity index (χ0n) is 8.84. The summed E-state index contributed by atoms with van der Waals surface area (Å²) < 4.78 is 5.12. The number of methoxy groups -OCH3 is 1. The minimum Gasteiger partial charge on any atom is -0.497 e. The van der Waals surface area contributed by atoms with Crippen molar-refractivity contribution in [1.29, 1.82) is 0 Å². The van der Waals surface area contributed by atoms with Gasteiger partial charge in [-0.3, -0.25) is 0 Å². The van der Waals surface area contributed by atoms with Crippen molar-refractivity contribution in [1.82, 2.24) is 0 Å². The molecule has 1 aliphatic rings. The van der Waals surface area contributed by atoms with E-state index >= 15 is 0 Å². The molecule has 1 fully saturated rings. The van der Waals surface area contributed by atoms with E-state index in [2.05, 4.69) is 19.1 Å². The third kappa shape index (κ3) is 2.16. The predicted octanol–water partition coefficient (Wildman–Crippen LogP) is 3.35. The fourth-order valence-corrected chi connectivity index (χ4v) is 1.66. The van der Waals surface area contributed by atoms with Gasteiger partial charge in [0, 0.05) is 0 Å². The summed E-state index contributed by atoms with van der Waals surface area (Å²) in [6.07, 6.45) is 3.74. The summed E-state index contributed by atoms with van der Waals surface area (Å²) in [5.74, 6) is 0.936. The Kier molecular flexibility index (Phi) is 2.58. The minimum absolute atomic E-state index is 0.936. The summed E-state index contributed by atoms with van der Waals surface area (Å²) in [6, 6.07) is 8.34. The van der Waals surface area contributed by atoms with Crippen molar-refractivity contribution in [2.45, 2.75) is 26.2 Å². The van der Waals surface area contributed by atoms with Crippen LogP contribution in [0.2, 0.25) is 0 Å². The molecule has 1 saturated carbocycles. The van der Waals surface area contributed by atoms with Gasteiger partial charge in [-0.05, 0) is 43.9 Å². The van der Waals surface area contributed by atoms with Gasteiger partial charge in [0.1, 0.15) is 5.75 Å². The molecule has 0 aromatic heterocycles. The lowest BCUT2D eigenvalue weighted by molar-refractivity contribution is 0.414. The average Bonchev–Trinajstić information content (AvgIpc) is 3.02. The summed E-state index contributed by atoms with van der Waals surface area (Å²) in [4.78, 5) is 0. The van der Waals surface area contributed by atoms with Gasteiger partial charge < -0.3 is 4.74 Å². The Morgan fingerprint density at radius 2 is 1.86 bits per heavy atom. The molecule has 0 radical (unpaired) electrons. The molecule has 0 bridgehead atoms. The summed E-state index contributed by atoms with van der Waals surface area (Å²) >= 11 is 0. The molecule has 0 unspecified atom stereocenters. The lowest BCUT2D eigenvalue weighted by atomic mass is 10.1. The molecule has 1 aromatic carbocycles. The average molecular weight is 188 g/mol. The number of allylic oxidation sites excluding steroid dienone is 2. The lowest BCUT2D eigenvalue weighted by Crippen LogP contribution is -1.88. The van der Waals surface area contributed by atoms with Crippen LogP contribution in [0.25, 0.3) is 0 Å². The van der Waals surface area contributed by atoms with Crippen LogP contribution in [-0.2, 0) is 6.42 Å². The van der Waals surface area contributed by atoms with Gasteiger partial charge >= 0.3 is 0 Å². The zero-order valence-corrected chi connectivity index (χ0v) is 8.84. The Labute approximate surface area is 85.4 Å². The molecule has 2 rings (SSSR count). The van der Waals surface area contributed by atoms with Crippen molar-refractivity contribution in [2.24, 2.45) is 0 Å². The van der Waals surface area contributed by atoms with E-state index in [1.54, 1.807) is 18.3 Å². The first kappa shape index (κ1) is 9.32. The maximum Gasteiger partial charge on any atom is 0.118 e. The monoisotopic (exact) mass is 188 g/mol. The zero-order chi connectivity index (χ0) is 9.97. The van der Waals surface area contributed by atoms with Gasteiger partial charge in [-0.1, -0.05) is 23.3 Å². The molecular weight excluding hydrogens is 172 g/mol. The fraction of sp³-hybridized carbons (Fsp3) is 0.385. The Balaban J connectivity index is 2.06. The van der Waals surface area contributed by atoms with Crippen LogP contribution in [-0.4, -0.2) is 7.11 Å². The van der Waals surface area contributed by atoms with E-state index in [0.717, 1.165) is 12.2 Å². The van der Waals surface area contributed by atoms with Gasteiger partial charge in [0.2, 0.25) is 0 Å². The highest BCUT2D eigenvalue weighted by Crippen LogP contribution is 2.32. The number of benzene rings is 1. The van der Waals surface area contributed by atoms with Crippen molar-refractivity contribution in [3.8, 4) is 5.75 Å². The highest BCUT2D eigenvalue weighted by atomic mass is 16.5. The van der Waals surface area contributed by atoms with Gasteiger partial charge in [-0.25, -0.2) is 0 Å². The van der Waals surface area contributed by atoms with E-state index in [-0.39, 0.29) is 0 Å². The molecular formula is C13H16O. The summed E-state index contributed by atoms with van der Waals surface area (Å²) in [7, 11) is 1.70. The molecule has 0 heterocycles. The van der Waals surface area contributed by atoms with Crippen LogP contribution in [0.4, 0.5) is 0 Å². The molecule has 0 amide bonds. The van der Waals surface area contributed by atoms with Crippen molar-refractivity contribution < 1.29 is 4.74 Å². The highest BCUT2D eigenvalue weighted by Gasteiger charge is 2.14. The van der Waals surface area contributed by atoms with E-state index in [1.807, 2.05) is 12.1 Å². The van der Waals surface area contributed by atoms with Crippen LogP contribution < -0.4 is 4.74 Å². The Hall–Kier alpha value is -1.24. The molecule has 0 atom stereocenters. The second-order valence-electron chi connectivity index (χ2n) is 3.91. The molecule has 74 valence electrons. The van der Waals surface area contributed by atoms with E-state index in [1.165, 1.54) is 18.4 Å². The lowest BCUT2D eigenvalue weighted by Gasteiger charge is -2.03. The van der Waals surface area contributed by atoms with Gasteiger partial charge in [-0.2, -0.15) is 0 Å². The quantitative estimate of drug-likeness (QED) is 0.661. The van der Waals surface area contributed by atoms with E-state index in [0.29, 0.717) is 0 Å². The normalized spacial score (nSPS) is 14.0. The molecule has 0 aliphatic heterocycles. The Morgan fingerprint density at radius 3 is 2.36 bits per heavy atom. The fourth-order valence-electron chi connectivity index (χ4n) is 1.66. The predicted molar refractivity (Wildman–Crippen MR) is 58.6 cm³/mol. The maximum atomic E-state index is 5.12. The van der Waals surface area contributed by atoms with Gasteiger partial charge in [0.05, 0.1) is 7.11 Å². The molecule has 1 aromatic rings. The third-order valence-corrected chi connectivity index (χ3v) is 2.73. The van der Waals surface area contributed by atoms with Crippen LogP contribution in [0.5, 0.6) is 5.75 Å². The highest BCUT2D eigenvalue weighted by molar-refractivity contribution is 5.33. The molecule has 1 aliphatic carbocycles. The van der Waals surface area contributed by atoms with Crippen LogP contribution >= 0.6 is 0 Å². The van der Waals surface area contributed by atoms with Gasteiger partial charge in [0.15, 0.2) is 0 Å². The maximum absolute atomic E-state index is 5.12. The van der Waals surface area contributed by atoms with Crippen molar-refractivity contribution in [2.75, 3.05) is 7.11 Å². The molecule has 0 N–H and O–H groups in total. The summed E-state index contributed by atoms with van der Waals surface area (Å²) in [5, 5.41) is 0. The molecule has 1 heteroatoms. The number of ether oxygens (including phenoxy) is 1. The molecule has 0 saturated heterocycles. The third-order valence-electron chi connectivity index (χ3n) is 2.73. The number of hydrogen-bond acceptors (Lipinski definition) is 1. The van der Waals surface area contributed by atoms with Crippen molar-refractivity contribution in [3.63, 3.8) is 0 Å². The Bertz CT molecular complexity index is 340. The second-order valence-corrected chi connectivity index (χ2v) is 3.91. The molecule has 0 spiro atoms.